The third kappa shape index (κ3) is 2.80. The highest BCUT2D eigenvalue weighted by Gasteiger charge is 2.12. The lowest BCUT2D eigenvalue weighted by atomic mass is 10.0. The maximum absolute atomic E-state index is 12.6. The summed E-state index contributed by atoms with van der Waals surface area (Å²) in [6.45, 7) is 5.81. The molecule has 0 unspecified atom stereocenters. The van der Waals surface area contributed by atoms with Crippen molar-refractivity contribution in [3.8, 4) is 0 Å². The standard InChI is InChI=1S/C19H18N2O2/c1-12-7-8-15(14(3)9-12)17(22)10-21-11-20-18-13(2)5-4-6-16(18)19(21)23/h4-9,11H,10H2,1-3H3. The van der Waals surface area contributed by atoms with Gasteiger partial charge in [-0.3, -0.25) is 14.2 Å². The number of hydrogen-bond donors (Lipinski definition) is 0. The fourth-order valence-electron chi connectivity index (χ4n) is 2.82. The number of Topliss-reactive ketones (excluding diaryl/α,β-unsaturated/α-hetero) is 1. The third-order valence-corrected chi connectivity index (χ3v) is 4.05. The first-order chi connectivity index (χ1) is 11.0. The number of hydrogen-bond acceptors (Lipinski definition) is 3. The molecule has 0 saturated carbocycles. The Labute approximate surface area is 134 Å². The molecule has 0 fully saturated rings. The lowest BCUT2D eigenvalue weighted by Gasteiger charge is -2.09. The second-order valence-corrected chi connectivity index (χ2v) is 5.89. The summed E-state index contributed by atoms with van der Waals surface area (Å²) in [4.78, 5) is 29.4. The van der Waals surface area contributed by atoms with Gasteiger partial charge in [-0.2, -0.15) is 0 Å². The lowest BCUT2D eigenvalue weighted by molar-refractivity contribution is 0.0970. The van der Waals surface area contributed by atoms with Gasteiger partial charge >= 0.3 is 0 Å². The monoisotopic (exact) mass is 306 g/mol. The average molecular weight is 306 g/mol. The van der Waals surface area contributed by atoms with Crippen LogP contribution < -0.4 is 5.56 Å². The molecule has 0 saturated heterocycles. The zero-order valence-electron chi connectivity index (χ0n) is 13.5. The van der Waals surface area contributed by atoms with Gasteiger partial charge in [-0.1, -0.05) is 35.9 Å². The highest BCUT2D eigenvalue weighted by Crippen LogP contribution is 2.13. The van der Waals surface area contributed by atoms with Crippen LogP contribution in [-0.2, 0) is 6.54 Å². The van der Waals surface area contributed by atoms with Crippen LogP contribution in [0.5, 0.6) is 0 Å². The van der Waals surface area contributed by atoms with E-state index in [1.54, 1.807) is 6.07 Å². The van der Waals surface area contributed by atoms with Crippen molar-refractivity contribution in [1.29, 1.82) is 0 Å². The predicted octanol–water partition coefficient (Wildman–Crippen LogP) is 3.20. The summed E-state index contributed by atoms with van der Waals surface area (Å²) in [5, 5.41) is 0.543. The lowest BCUT2D eigenvalue weighted by Crippen LogP contribution is -2.25. The van der Waals surface area contributed by atoms with Crippen LogP contribution >= 0.6 is 0 Å². The van der Waals surface area contributed by atoms with E-state index in [9.17, 15) is 9.59 Å². The van der Waals surface area contributed by atoms with E-state index in [4.69, 9.17) is 0 Å². The van der Waals surface area contributed by atoms with Gasteiger partial charge in [0.15, 0.2) is 5.78 Å². The van der Waals surface area contributed by atoms with Gasteiger partial charge in [0.05, 0.1) is 23.8 Å². The van der Waals surface area contributed by atoms with E-state index in [0.29, 0.717) is 16.5 Å². The number of aryl methyl sites for hydroxylation is 3. The topological polar surface area (TPSA) is 52.0 Å². The molecule has 1 heterocycles. The largest absolute Gasteiger partial charge is 0.292 e. The van der Waals surface area contributed by atoms with Gasteiger partial charge in [0.25, 0.3) is 5.56 Å². The van der Waals surface area contributed by atoms with Crippen molar-refractivity contribution in [2.75, 3.05) is 0 Å². The van der Waals surface area contributed by atoms with Crippen LogP contribution in [0.2, 0.25) is 0 Å². The summed E-state index contributed by atoms with van der Waals surface area (Å²) in [6, 6.07) is 11.2. The Bertz CT molecular complexity index is 971. The van der Waals surface area contributed by atoms with E-state index in [0.717, 1.165) is 16.7 Å². The molecule has 0 aliphatic rings. The second-order valence-electron chi connectivity index (χ2n) is 5.89. The molecule has 0 bridgehead atoms. The minimum absolute atomic E-state index is 0.000381. The molecular weight excluding hydrogens is 288 g/mol. The van der Waals surface area contributed by atoms with Crippen molar-refractivity contribution in [1.82, 2.24) is 9.55 Å². The molecule has 23 heavy (non-hydrogen) atoms. The van der Waals surface area contributed by atoms with Crippen molar-refractivity contribution >= 4 is 16.7 Å². The third-order valence-electron chi connectivity index (χ3n) is 4.05. The Morgan fingerprint density at radius 1 is 1.09 bits per heavy atom. The number of aromatic nitrogens is 2. The molecule has 4 nitrogen and oxygen atoms in total. The predicted molar refractivity (Wildman–Crippen MR) is 91.0 cm³/mol. The quantitative estimate of drug-likeness (QED) is 0.698. The maximum atomic E-state index is 12.6. The van der Waals surface area contributed by atoms with Crippen LogP contribution in [0.15, 0.2) is 47.5 Å². The van der Waals surface area contributed by atoms with Crippen molar-refractivity contribution in [2.24, 2.45) is 0 Å². The van der Waals surface area contributed by atoms with Crippen molar-refractivity contribution in [3.63, 3.8) is 0 Å². The van der Waals surface area contributed by atoms with E-state index in [1.165, 1.54) is 10.9 Å². The van der Waals surface area contributed by atoms with Gasteiger partial charge in [-0.25, -0.2) is 4.98 Å². The maximum Gasteiger partial charge on any atom is 0.261 e. The summed E-state index contributed by atoms with van der Waals surface area (Å²) in [5.74, 6) is -0.0848. The minimum Gasteiger partial charge on any atom is -0.292 e. The summed E-state index contributed by atoms with van der Waals surface area (Å²) in [6.07, 6.45) is 1.46. The molecule has 1 aromatic heterocycles. The van der Waals surface area contributed by atoms with E-state index >= 15 is 0 Å². The number of benzene rings is 2. The Morgan fingerprint density at radius 2 is 1.87 bits per heavy atom. The molecule has 4 heteroatoms. The van der Waals surface area contributed by atoms with Crippen LogP contribution in [0.25, 0.3) is 10.9 Å². The number of ketones is 1. The second kappa shape index (κ2) is 5.80. The number of rotatable bonds is 3. The molecule has 0 atom stereocenters. The molecule has 0 aliphatic carbocycles. The molecule has 3 aromatic rings. The van der Waals surface area contributed by atoms with Crippen LogP contribution in [0, 0.1) is 20.8 Å². The van der Waals surface area contributed by atoms with Crippen molar-refractivity contribution in [2.45, 2.75) is 27.3 Å². The minimum atomic E-state index is -0.184. The van der Waals surface area contributed by atoms with Gasteiger partial charge in [-0.15, -0.1) is 0 Å². The highest BCUT2D eigenvalue weighted by molar-refractivity contribution is 5.97. The summed E-state index contributed by atoms with van der Waals surface area (Å²) < 4.78 is 1.38. The van der Waals surface area contributed by atoms with Crippen molar-refractivity contribution < 1.29 is 4.79 Å². The molecular formula is C19H18N2O2. The number of carbonyl (C=O) groups excluding carboxylic acids is 1. The number of nitrogens with zero attached hydrogens (tertiary/aromatic N) is 2. The van der Waals surface area contributed by atoms with E-state index in [1.807, 2.05) is 51.1 Å². The Kier molecular flexibility index (Phi) is 3.82. The Morgan fingerprint density at radius 3 is 2.61 bits per heavy atom. The Hall–Kier alpha value is -2.75. The van der Waals surface area contributed by atoms with E-state index in [2.05, 4.69) is 4.98 Å². The summed E-state index contributed by atoms with van der Waals surface area (Å²) in [5.41, 5.74) is 4.13. The molecule has 3 rings (SSSR count). The molecule has 0 spiro atoms. The zero-order valence-corrected chi connectivity index (χ0v) is 13.5. The van der Waals surface area contributed by atoms with Crippen LogP contribution in [0.3, 0.4) is 0 Å². The molecule has 0 radical (unpaired) electrons. The van der Waals surface area contributed by atoms with Gasteiger partial charge in [0, 0.05) is 5.56 Å². The van der Waals surface area contributed by atoms with Crippen LogP contribution in [0.4, 0.5) is 0 Å². The number of carbonyl (C=O) groups is 1. The molecule has 116 valence electrons. The van der Waals surface area contributed by atoms with Gasteiger partial charge in [0.1, 0.15) is 0 Å². The Balaban J connectivity index is 2.00. The van der Waals surface area contributed by atoms with Gasteiger partial charge < -0.3 is 0 Å². The highest BCUT2D eigenvalue weighted by atomic mass is 16.1. The van der Waals surface area contributed by atoms with Crippen molar-refractivity contribution in [3.05, 3.63) is 75.3 Å². The summed E-state index contributed by atoms with van der Waals surface area (Å²) >= 11 is 0. The first kappa shape index (κ1) is 15.2. The number of fused-ring (bicyclic) bond motifs is 1. The van der Waals surface area contributed by atoms with Gasteiger partial charge in [0.2, 0.25) is 0 Å². The normalized spacial score (nSPS) is 10.9. The van der Waals surface area contributed by atoms with Gasteiger partial charge in [-0.05, 0) is 38.0 Å². The first-order valence-corrected chi connectivity index (χ1v) is 7.52. The summed E-state index contributed by atoms with van der Waals surface area (Å²) in [7, 11) is 0. The molecule has 0 amide bonds. The van der Waals surface area contributed by atoms with E-state index in [-0.39, 0.29) is 17.9 Å². The fourth-order valence-corrected chi connectivity index (χ4v) is 2.82. The first-order valence-electron chi connectivity index (χ1n) is 7.52. The molecule has 0 N–H and O–H groups in total. The van der Waals surface area contributed by atoms with E-state index < -0.39 is 0 Å². The fraction of sp³-hybridized carbons (Fsp3) is 0.211. The smallest absolute Gasteiger partial charge is 0.261 e. The van der Waals surface area contributed by atoms with Crippen LogP contribution in [-0.4, -0.2) is 15.3 Å². The average Bonchev–Trinajstić information content (AvgIpc) is 2.50. The number of para-hydroxylation sites is 1. The SMILES string of the molecule is Cc1ccc(C(=O)Cn2cnc3c(C)cccc3c2=O)c(C)c1. The molecule has 2 aromatic carbocycles. The molecule has 0 aliphatic heterocycles. The van der Waals surface area contributed by atoms with Crippen LogP contribution in [0.1, 0.15) is 27.0 Å². The zero-order chi connectivity index (χ0) is 16.6.